The van der Waals surface area contributed by atoms with Crippen molar-refractivity contribution in [1.82, 2.24) is 15.0 Å². The number of aromatic nitrogens is 3. The Morgan fingerprint density at radius 2 is 0.558 bits per heavy atom. The zero-order valence-corrected chi connectivity index (χ0v) is 28.2. The van der Waals surface area contributed by atoms with Gasteiger partial charge in [0.1, 0.15) is 0 Å². The van der Waals surface area contributed by atoms with Gasteiger partial charge in [-0.2, -0.15) is 0 Å². The maximum atomic E-state index is 5.24. The number of hydrogen-bond donors (Lipinski definition) is 0. The predicted octanol–water partition coefficient (Wildman–Crippen LogP) is 12.8. The Hall–Kier alpha value is -6.97. The van der Waals surface area contributed by atoms with Gasteiger partial charge in [0.05, 0.1) is 0 Å². The third kappa shape index (κ3) is 5.10. The van der Waals surface area contributed by atoms with E-state index in [1.54, 1.807) is 0 Å². The second-order valence-electron chi connectivity index (χ2n) is 13.2. The van der Waals surface area contributed by atoms with Gasteiger partial charge in [0.15, 0.2) is 17.5 Å². The van der Waals surface area contributed by atoms with Crippen LogP contribution in [0, 0.1) is 0 Å². The molecule has 242 valence electrons. The van der Waals surface area contributed by atoms with Crippen molar-refractivity contribution in [1.29, 1.82) is 0 Å². The van der Waals surface area contributed by atoms with Gasteiger partial charge < -0.3 is 0 Å². The van der Waals surface area contributed by atoms with Gasteiger partial charge in [0, 0.05) is 16.7 Å². The minimum Gasteiger partial charge on any atom is -0.208 e. The van der Waals surface area contributed by atoms with Crippen molar-refractivity contribution in [2.45, 2.75) is 0 Å². The summed E-state index contributed by atoms with van der Waals surface area (Å²) in [7, 11) is 0. The summed E-state index contributed by atoms with van der Waals surface area (Å²) in [6, 6.07) is 66.3. The van der Waals surface area contributed by atoms with Crippen LogP contribution in [0.5, 0.6) is 0 Å². The Labute approximate surface area is 301 Å². The zero-order chi connectivity index (χ0) is 34.4. The topological polar surface area (TPSA) is 38.7 Å². The highest BCUT2D eigenvalue weighted by atomic mass is 15.0. The van der Waals surface area contributed by atoms with Crippen LogP contribution in [0.2, 0.25) is 0 Å². The molecule has 1 heterocycles. The van der Waals surface area contributed by atoms with Crippen molar-refractivity contribution in [3.05, 3.63) is 188 Å². The number of hydrogen-bond acceptors (Lipinski definition) is 3. The molecule has 9 aromatic carbocycles. The Morgan fingerprint density at radius 3 is 1.06 bits per heavy atom. The Kier molecular flexibility index (Phi) is 7.14. The molecular weight excluding hydrogens is 631 g/mol. The van der Waals surface area contributed by atoms with Crippen molar-refractivity contribution in [3.8, 4) is 56.4 Å². The van der Waals surface area contributed by atoms with E-state index in [9.17, 15) is 0 Å². The van der Waals surface area contributed by atoms with Crippen molar-refractivity contribution in [2.24, 2.45) is 0 Å². The smallest absolute Gasteiger partial charge is 0.164 e. The van der Waals surface area contributed by atoms with Gasteiger partial charge >= 0.3 is 0 Å². The highest BCUT2D eigenvalue weighted by Gasteiger charge is 2.19. The summed E-state index contributed by atoms with van der Waals surface area (Å²) in [6.45, 7) is 0. The molecule has 0 fully saturated rings. The van der Waals surface area contributed by atoms with E-state index in [1.165, 1.54) is 48.8 Å². The molecule has 0 spiro atoms. The van der Waals surface area contributed by atoms with Crippen LogP contribution >= 0.6 is 0 Å². The van der Waals surface area contributed by atoms with E-state index in [2.05, 4.69) is 176 Å². The molecule has 10 rings (SSSR count). The van der Waals surface area contributed by atoms with Crippen LogP contribution in [0.4, 0.5) is 0 Å². The molecule has 0 radical (unpaired) electrons. The van der Waals surface area contributed by atoms with E-state index in [4.69, 9.17) is 15.0 Å². The highest BCUT2D eigenvalue weighted by Crippen LogP contribution is 2.42. The molecule has 3 nitrogen and oxygen atoms in total. The third-order valence-electron chi connectivity index (χ3n) is 10.1. The van der Waals surface area contributed by atoms with Crippen LogP contribution < -0.4 is 0 Å². The minimum atomic E-state index is 0.638. The first-order valence-electron chi connectivity index (χ1n) is 17.6. The van der Waals surface area contributed by atoms with Crippen LogP contribution in [0.3, 0.4) is 0 Å². The van der Waals surface area contributed by atoms with Crippen LogP contribution in [0.1, 0.15) is 0 Å². The van der Waals surface area contributed by atoms with Crippen molar-refractivity contribution < 1.29 is 0 Å². The fourth-order valence-corrected chi connectivity index (χ4v) is 7.59. The minimum absolute atomic E-state index is 0.638. The lowest BCUT2D eigenvalue weighted by atomic mass is 9.89. The molecule has 1 aromatic heterocycles. The molecule has 3 heteroatoms. The summed E-state index contributed by atoms with van der Waals surface area (Å²) >= 11 is 0. The van der Waals surface area contributed by atoms with E-state index in [1.807, 2.05) is 12.1 Å². The predicted molar refractivity (Wildman–Crippen MR) is 217 cm³/mol. The van der Waals surface area contributed by atoms with Crippen LogP contribution in [0.15, 0.2) is 188 Å². The molecular formula is C49H31N3. The lowest BCUT2D eigenvalue weighted by molar-refractivity contribution is 1.08. The quantitative estimate of drug-likeness (QED) is 0.172. The Balaban J connectivity index is 1.22. The summed E-state index contributed by atoms with van der Waals surface area (Å²) < 4.78 is 0. The summed E-state index contributed by atoms with van der Waals surface area (Å²) in [6.07, 6.45) is 0. The van der Waals surface area contributed by atoms with E-state index in [0.29, 0.717) is 17.5 Å². The summed E-state index contributed by atoms with van der Waals surface area (Å²) in [5.41, 5.74) is 7.50. The van der Waals surface area contributed by atoms with E-state index in [0.717, 1.165) is 33.2 Å². The summed E-state index contributed by atoms with van der Waals surface area (Å²) in [4.78, 5) is 15.6. The Bertz CT molecular complexity index is 2820. The van der Waals surface area contributed by atoms with Crippen molar-refractivity contribution >= 4 is 43.1 Å². The highest BCUT2D eigenvalue weighted by molar-refractivity contribution is 6.32. The number of nitrogens with zero attached hydrogens (tertiary/aromatic N) is 3. The van der Waals surface area contributed by atoms with Gasteiger partial charge in [-0.05, 0) is 71.4 Å². The van der Waals surface area contributed by atoms with Gasteiger partial charge in [-0.25, -0.2) is 15.0 Å². The normalized spacial score (nSPS) is 11.5. The summed E-state index contributed by atoms with van der Waals surface area (Å²) in [5.74, 6) is 1.92. The largest absolute Gasteiger partial charge is 0.208 e. The molecule has 0 saturated heterocycles. The molecule has 0 amide bonds. The van der Waals surface area contributed by atoms with E-state index < -0.39 is 0 Å². The average Bonchev–Trinajstić information content (AvgIpc) is 3.24. The molecule has 0 unspecified atom stereocenters. The van der Waals surface area contributed by atoms with Crippen molar-refractivity contribution in [3.63, 3.8) is 0 Å². The van der Waals surface area contributed by atoms with Gasteiger partial charge in [0.2, 0.25) is 0 Å². The fraction of sp³-hybridized carbons (Fsp3) is 0. The van der Waals surface area contributed by atoms with E-state index in [-0.39, 0.29) is 0 Å². The molecule has 0 aliphatic rings. The monoisotopic (exact) mass is 661 g/mol. The van der Waals surface area contributed by atoms with Gasteiger partial charge in [-0.15, -0.1) is 0 Å². The SMILES string of the molecule is c1ccc(-c2ccc(-c3nc(-c4ccc(-c5ccccc5)cc4)nc(-c4cc5c6ccccc6c6ccccc6c5c5ccccc45)n3)cc2)cc1. The number of rotatable bonds is 5. The van der Waals surface area contributed by atoms with E-state index >= 15 is 0 Å². The lowest BCUT2D eigenvalue weighted by Gasteiger charge is -2.16. The molecule has 0 atom stereocenters. The Morgan fingerprint density at radius 1 is 0.231 bits per heavy atom. The van der Waals surface area contributed by atoms with Gasteiger partial charge in [0.25, 0.3) is 0 Å². The molecule has 0 aliphatic carbocycles. The second kappa shape index (κ2) is 12.4. The average molecular weight is 662 g/mol. The molecule has 0 N–H and O–H groups in total. The first-order chi connectivity index (χ1) is 25.8. The van der Waals surface area contributed by atoms with Crippen LogP contribution in [-0.4, -0.2) is 15.0 Å². The fourth-order valence-electron chi connectivity index (χ4n) is 7.59. The second-order valence-corrected chi connectivity index (χ2v) is 13.2. The first kappa shape index (κ1) is 29.9. The standard InChI is InChI=1S/C49H31N3/c1-3-13-32(14-4-1)34-23-27-36(28-24-34)47-50-48(37-29-25-35(26-30-37)33-15-5-2-6-16-33)52-49(51-47)45-31-44-40-19-8-7-17-38(40)39-18-9-11-21-42(39)46(44)43-22-12-10-20-41(43)45/h1-31H. The summed E-state index contributed by atoms with van der Waals surface area (Å²) in [5, 5.41) is 9.67. The van der Waals surface area contributed by atoms with Crippen LogP contribution in [-0.2, 0) is 0 Å². The number of fused-ring (bicyclic) bond motifs is 8. The molecule has 10 aromatic rings. The maximum Gasteiger partial charge on any atom is 0.164 e. The molecule has 0 saturated carbocycles. The first-order valence-corrected chi connectivity index (χ1v) is 17.6. The number of benzene rings is 9. The lowest BCUT2D eigenvalue weighted by Crippen LogP contribution is -2.01. The zero-order valence-electron chi connectivity index (χ0n) is 28.2. The maximum absolute atomic E-state index is 5.24. The molecule has 52 heavy (non-hydrogen) atoms. The third-order valence-corrected chi connectivity index (χ3v) is 10.1. The van der Waals surface area contributed by atoms with Crippen molar-refractivity contribution in [2.75, 3.05) is 0 Å². The molecule has 0 bridgehead atoms. The van der Waals surface area contributed by atoms with Crippen LogP contribution in [0.25, 0.3) is 99.5 Å². The van der Waals surface area contributed by atoms with Gasteiger partial charge in [-0.1, -0.05) is 182 Å². The molecule has 0 aliphatic heterocycles. The van der Waals surface area contributed by atoms with Gasteiger partial charge in [-0.3, -0.25) is 0 Å².